The molecule has 2 rings (SSSR count). The molecule has 1 unspecified atom stereocenters. The maximum atomic E-state index is 10.9. The van der Waals surface area contributed by atoms with Crippen molar-refractivity contribution >= 4 is 21.6 Å². The molecule has 0 N–H and O–H groups in total. The SMILES string of the molecule is CCC(Br)c1cn(-c2ccc(C)c([N+](=O)[O-])c2)nn1. The molecule has 0 radical (unpaired) electrons. The molecule has 0 aliphatic carbocycles. The highest BCUT2D eigenvalue weighted by molar-refractivity contribution is 9.09. The van der Waals surface area contributed by atoms with Gasteiger partial charge in [-0.15, -0.1) is 5.10 Å². The molecular formula is C12H13BrN4O2. The Hall–Kier alpha value is -1.76. The highest BCUT2D eigenvalue weighted by Crippen LogP contribution is 2.25. The van der Waals surface area contributed by atoms with E-state index in [1.54, 1.807) is 29.9 Å². The summed E-state index contributed by atoms with van der Waals surface area (Å²) in [7, 11) is 0. The molecule has 0 saturated heterocycles. The van der Waals surface area contributed by atoms with E-state index in [0.717, 1.165) is 12.1 Å². The molecule has 2 aromatic rings. The number of hydrogen-bond acceptors (Lipinski definition) is 4. The van der Waals surface area contributed by atoms with Crippen molar-refractivity contribution in [2.24, 2.45) is 0 Å². The van der Waals surface area contributed by atoms with Crippen LogP contribution in [0.3, 0.4) is 0 Å². The maximum absolute atomic E-state index is 10.9. The van der Waals surface area contributed by atoms with Gasteiger partial charge in [-0.1, -0.05) is 34.1 Å². The number of aromatic nitrogens is 3. The minimum atomic E-state index is -0.393. The van der Waals surface area contributed by atoms with Gasteiger partial charge >= 0.3 is 0 Å². The molecule has 7 heteroatoms. The average Bonchev–Trinajstić information content (AvgIpc) is 2.87. The summed E-state index contributed by atoms with van der Waals surface area (Å²) in [4.78, 5) is 10.7. The first kappa shape index (κ1) is 13.7. The fraction of sp³-hybridized carbons (Fsp3) is 0.333. The van der Waals surface area contributed by atoms with E-state index in [2.05, 4.69) is 26.2 Å². The summed E-state index contributed by atoms with van der Waals surface area (Å²) in [6, 6.07) is 5.00. The zero-order valence-electron chi connectivity index (χ0n) is 10.6. The van der Waals surface area contributed by atoms with E-state index in [4.69, 9.17) is 0 Å². The van der Waals surface area contributed by atoms with Gasteiger partial charge in [-0.3, -0.25) is 10.1 Å². The molecule has 0 spiro atoms. The van der Waals surface area contributed by atoms with Crippen LogP contribution < -0.4 is 0 Å². The van der Waals surface area contributed by atoms with Crippen molar-refractivity contribution in [3.63, 3.8) is 0 Å². The van der Waals surface area contributed by atoms with Crippen molar-refractivity contribution < 1.29 is 4.92 Å². The molecule has 0 saturated carbocycles. The van der Waals surface area contributed by atoms with Crippen LogP contribution >= 0.6 is 15.9 Å². The van der Waals surface area contributed by atoms with Crippen LogP contribution in [-0.2, 0) is 0 Å². The number of rotatable bonds is 4. The molecule has 0 bridgehead atoms. The predicted molar refractivity (Wildman–Crippen MR) is 74.7 cm³/mol. The molecule has 0 amide bonds. The Bertz CT molecular complexity index is 612. The first-order valence-corrected chi connectivity index (χ1v) is 6.76. The number of nitro benzene ring substituents is 1. The Morgan fingerprint density at radius 1 is 1.53 bits per heavy atom. The molecule has 1 heterocycles. The highest BCUT2D eigenvalue weighted by Gasteiger charge is 2.14. The fourth-order valence-electron chi connectivity index (χ4n) is 1.69. The van der Waals surface area contributed by atoms with E-state index in [-0.39, 0.29) is 10.5 Å². The Morgan fingerprint density at radius 2 is 2.26 bits per heavy atom. The van der Waals surface area contributed by atoms with Gasteiger partial charge in [-0.05, 0) is 19.4 Å². The van der Waals surface area contributed by atoms with Crippen LogP contribution in [-0.4, -0.2) is 19.9 Å². The third-order valence-corrected chi connectivity index (χ3v) is 3.96. The number of hydrogen-bond donors (Lipinski definition) is 0. The number of benzene rings is 1. The van der Waals surface area contributed by atoms with Crippen molar-refractivity contribution in [3.8, 4) is 5.69 Å². The minimum Gasteiger partial charge on any atom is -0.258 e. The molecule has 1 aromatic heterocycles. The van der Waals surface area contributed by atoms with Crippen LogP contribution in [0, 0.1) is 17.0 Å². The number of alkyl halides is 1. The topological polar surface area (TPSA) is 73.8 Å². The van der Waals surface area contributed by atoms with E-state index in [0.29, 0.717) is 11.3 Å². The summed E-state index contributed by atoms with van der Waals surface area (Å²) in [5, 5.41) is 19.0. The average molecular weight is 325 g/mol. The van der Waals surface area contributed by atoms with Crippen LogP contribution in [0.25, 0.3) is 5.69 Å². The Morgan fingerprint density at radius 3 is 2.89 bits per heavy atom. The van der Waals surface area contributed by atoms with Crippen molar-refractivity contribution in [2.75, 3.05) is 0 Å². The lowest BCUT2D eigenvalue weighted by Crippen LogP contribution is -1.98. The summed E-state index contributed by atoms with van der Waals surface area (Å²) < 4.78 is 1.55. The van der Waals surface area contributed by atoms with Gasteiger partial charge in [0.25, 0.3) is 5.69 Å². The van der Waals surface area contributed by atoms with Crippen LogP contribution in [0.1, 0.15) is 29.4 Å². The van der Waals surface area contributed by atoms with Gasteiger partial charge in [0.05, 0.1) is 27.3 Å². The third kappa shape index (κ3) is 2.81. The van der Waals surface area contributed by atoms with E-state index in [9.17, 15) is 10.1 Å². The van der Waals surface area contributed by atoms with Crippen molar-refractivity contribution in [1.82, 2.24) is 15.0 Å². The van der Waals surface area contributed by atoms with Gasteiger partial charge < -0.3 is 0 Å². The second-order valence-electron chi connectivity index (χ2n) is 4.19. The second kappa shape index (κ2) is 5.48. The minimum absolute atomic E-state index is 0.0837. The van der Waals surface area contributed by atoms with Crippen LogP contribution in [0.15, 0.2) is 24.4 Å². The van der Waals surface area contributed by atoms with Crippen molar-refractivity contribution in [2.45, 2.75) is 25.1 Å². The van der Waals surface area contributed by atoms with E-state index >= 15 is 0 Å². The van der Waals surface area contributed by atoms with E-state index in [1.807, 2.05) is 6.92 Å². The van der Waals surface area contributed by atoms with Crippen LogP contribution in [0.4, 0.5) is 5.69 Å². The summed E-state index contributed by atoms with van der Waals surface area (Å²) in [6.45, 7) is 3.75. The molecule has 1 aromatic carbocycles. The highest BCUT2D eigenvalue weighted by atomic mass is 79.9. The molecule has 0 aliphatic rings. The molecule has 100 valence electrons. The normalized spacial score (nSPS) is 12.4. The Kier molecular flexibility index (Phi) is 3.94. The number of aryl methyl sites for hydroxylation is 1. The van der Waals surface area contributed by atoms with Crippen LogP contribution in [0.5, 0.6) is 0 Å². The number of nitrogens with zero attached hydrogens (tertiary/aromatic N) is 4. The summed E-state index contributed by atoms with van der Waals surface area (Å²) in [5.41, 5.74) is 2.15. The number of nitro groups is 1. The zero-order valence-corrected chi connectivity index (χ0v) is 12.2. The lowest BCUT2D eigenvalue weighted by Gasteiger charge is -2.02. The quantitative estimate of drug-likeness (QED) is 0.491. The van der Waals surface area contributed by atoms with Crippen molar-refractivity contribution in [1.29, 1.82) is 0 Å². The molecule has 6 nitrogen and oxygen atoms in total. The fourth-order valence-corrected chi connectivity index (χ4v) is 1.90. The summed E-state index contributed by atoms with van der Waals surface area (Å²) in [6.07, 6.45) is 2.67. The largest absolute Gasteiger partial charge is 0.274 e. The molecular weight excluding hydrogens is 312 g/mol. The zero-order chi connectivity index (χ0) is 14.0. The van der Waals surface area contributed by atoms with E-state index in [1.165, 1.54) is 6.07 Å². The smallest absolute Gasteiger partial charge is 0.258 e. The van der Waals surface area contributed by atoms with Gasteiger partial charge in [-0.25, -0.2) is 4.68 Å². The second-order valence-corrected chi connectivity index (χ2v) is 5.30. The lowest BCUT2D eigenvalue weighted by atomic mass is 10.2. The predicted octanol–water partition coefficient (Wildman–Crippen LogP) is 3.33. The van der Waals surface area contributed by atoms with Crippen LogP contribution in [0.2, 0.25) is 0 Å². The Labute approximate surface area is 118 Å². The first-order chi connectivity index (χ1) is 9.02. The maximum Gasteiger partial charge on any atom is 0.274 e. The summed E-state index contributed by atoms with van der Waals surface area (Å²) >= 11 is 3.50. The van der Waals surface area contributed by atoms with Gasteiger partial charge in [0.15, 0.2) is 0 Å². The molecule has 1 atom stereocenters. The monoisotopic (exact) mass is 324 g/mol. The Balaban J connectivity index is 2.39. The van der Waals surface area contributed by atoms with Crippen molar-refractivity contribution in [3.05, 3.63) is 45.8 Å². The summed E-state index contributed by atoms with van der Waals surface area (Å²) in [5.74, 6) is 0. The third-order valence-electron chi connectivity index (χ3n) is 2.84. The van der Waals surface area contributed by atoms with E-state index < -0.39 is 4.92 Å². The molecule has 0 aliphatic heterocycles. The molecule has 0 fully saturated rings. The molecule has 19 heavy (non-hydrogen) atoms. The number of halogens is 1. The van der Waals surface area contributed by atoms with Gasteiger partial charge in [0.2, 0.25) is 0 Å². The lowest BCUT2D eigenvalue weighted by molar-refractivity contribution is -0.385. The standard InChI is InChI=1S/C12H13BrN4O2/c1-3-10(13)11-7-16(15-14-11)9-5-4-8(2)12(6-9)17(18)19/h4-7,10H,3H2,1-2H3. The van der Waals surface area contributed by atoms with Gasteiger partial charge in [-0.2, -0.15) is 0 Å². The van der Waals surface area contributed by atoms with Gasteiger partial charge in [0, 0.05) is 11.6 Å². The van der Waals surface area contributed by atoms with Gasteiger partial charge in [0.1, 0.15) is 0 Å². The first-order valence-electron chi connectivity index (χ1n) is 5.84.